The van der Waals surface area contributed by atoms with E-state index in [9.17, 15) is 0 Å². The number of anilines is 1. The molecule has 0 fully saturated rings. The first kappa shape index (κ1) is 13.4. The minimum absolute atomic E-state index is 0.300. The maximum absolute atomic E-state index is 5.34. The van der Waals surface area contributed by atoms with Crippen molar-refractivity contribution in [3.05, 3.63) is 36.5 Å². The molecule has 5 heteroatoms. The molecule has 1 unspecified atom stereocenters. The molecule has 0 saturated heterocycles. The maximum Gasteiger partial charge on any atom is 0.218 e. The van der Waals surface area contributed by atoms with Gasteiger partial charge in [-0.3, -0.25) is 0 Å². The van der Waals surface area contributed by atoms with E-state index in [0.717, 1.165) is 24.4 Å². The lowest BCUT2D eigenvalue weighted by molar-refractivity contribution is 0.326. The molecule has 2 heterocycles. The maximum atomic E-state index is 5.34. The third-order valence-corrected chi connectivity index (χ3v) is 2.73. The predicted molar refractivity (Wildman–Crippen MR) is 73.3 cm³/mol. The normalized spacial score (nSPS) is 12.1. The molecule has 0 radical (unpaired) electrons. The first-order valence-electron chi connectivity index (χ1n) is 6.51. The lowest BCUT2D eigenvalue weighted by Crippen LogP contribution is -2.17. The van der Waals surface area contributed by atoms with Crippen LogP contribution in [0.5, 0.6) is 5.88 Å². The summed E-state index contributed by atoms with van der Waals surface area (Å²) < 4.78 is 10.7. The van der Waals surface area contributed by atoms with E-state index < -0.39 is 0 Å². The lowest BCUT2D eigenvalue weighted by atomic mass is 10.1. The number of nitrogens with zero attached hydrogens (tertiary/aromatic N) is 2. The molecule has 102 valence electrons. The zero-order valence-corrected chi connectivity index (χ0v) is 11.3. The zero-order chi connectivity index (χ0) is 13.5. The summed E-state index contributed by atoms with van der Waals surface area (Å²) in [4.78, 5) is 8.22. The van der Waals surface area contributed by atoms with Gasteiger partial charge in [-0.25, -0.2) is 9.97 Å². The van der Waals surface area contributed by atoms with Gasteiger partial charge in [0, 0.05) is 18.5 Å². The fraction of sp³-hybridized carbons (Fsp3) is 0.429. The monoisotopic (exact) mass is 261 g/mol. The summed E-state index contributed by atoms with van der Waals surface area (Å²) in [5.74, 6) is 2.38. The van der Waals surface area contributed by atoms with Gasteiger partial charge in [0.1, 0.15) is 17.9 Å². The van der Waals surface area contributed by atoms with Crippen molar-refractivity contribution in [3.63, 3.8) is 0 Å². The Balaban J connectivity index is 1.84. The molecule has 0 spiro atoms. The number of hydrogen-bond acceptors (Lipinski definition) is 5. The number of hydrogen-bond donors (Lipinski definition) is 1. The van der Waals surface area contributed by atoms with Crippen molar-refractivity contribution in [1.82, 2.24) is 9.97 Å². The third kappa shape index (κ3) is 4.28. The molecule has 0 saturated carbocycles. The van der Waals surface area contributed by atoms with Crippen molar-refractivity contribution in [2.45, 2.75) is 32.7 Å². The Morgan fingerprint density at radius 3 is 3.05 bits per heavy atom. The van der Waals surface area contributed by atoms with Crippen molar-refractivity contribution in [1.29, 1.82) is 0 Å². The second-order valence-electron chi connectivity index (χ2n) is 4.34. The van der Waals surface area contributed by atoms with Gasteiger partial charge in [-0.15, -0.1) is 0 Å². The van der Waals surface area contributed by atoms with Crippen LogP contribution < -0.4 is 10.1 Å². The highest BCUT2D eigenvalue weighted by Crippen LogP contribution is 2.14. The van der Waals surface area contributed by atoms with Gasteiger partial charge in [0.05, 0.1) is 12.9 Å². The molecule has 2 rings (SSSR count). The van der Waals surface area contributed by atoms with Gasteiger partial charge in [-0.05, 0) is 32.4 Å². The van der Waals surface area contributed by atoms with E-state index in [4.69, 9.17) is 9.15 Å². The first-order valence-corrected chi connectivity index (χ1v) is 6.51. The van der Waals surface area contributed by atoms with E-state index in [1.807, 2.05) is 25.1 Å². The zero-order valence-electron chi connectivity index (χ0n) is 11.3. The molecule has 2 aromatic heterocycles. The molecule has 2 aromatic rings. The summed E-state index contributed by atoms with van der Waals surface area (Å²) in [7, 11) is 0. The Hall–Kier alpha value is -2.04. The van der Waals surface area contributed by atoms with Crippen LogP contribution >= 0.6 is 0 Å². The topological polar surface area (TPSA) is 60.2 Å². The van der Waals surface area contributed by atoms with E-state index in [2.05, 4.69) is 22.2 Å². The van der Waals surface area contributed by atoms with Crippen LogP contribution in [0.25, 0.3) is 0 Å². The van der Waals surface area contributed by atoms with E-state index in [1.165, 1.54) is 6.33 Å². The molecule has 1 N–H and O–H groups in total. The quantitative estimate of drug-likeness (QED) is 0.830. The van der Waals surface area contributed by atoms with E-state index >= 15 is 0 Å². The average Bonchev–Trinajstić information content (AvgIpc) is 2.90. The Kier molecular flexibility index (Phi) is 4.78. The molecule has 0 aromatic carbocycles. The summed E-state index contributed by atoms with van der Waals surface area (Å²) in [5, 5.41) is 3.33. The van der Waals surface area contributed by atoms with Gasteiger partial charge in [0.2, 0.25) is 5.88 Å². The van der Waals surface area contributed by atoms with Gasteiger partial charge < -0.3 is 14.5 Å². The van der Waals surface area contributed by atoms with Gasteiger partial charge in [-0.1, -0.05) is 0 Å². The predicted octanol–water partition coefficient (Wildman–Crippen LogP) is 2.90. The van der Waals surface area contributed by atoms with E-state index in [0.29, 0.717) is 18.5 Å². The Labute approximate surface area is 113 Å². The van der Waals surface area contributed by atoms with E-state index in [-0.39, 0.29) is 0 Å². The fourth-order valence-corrected chi connectivity index (χ4v) is 1.78. The highest BCUT2D eigenvalue weighted by molar-refractivity contribution is 5.37. The second kappa shape index (κ2) is 6.78. The number of furan rings is 1. The minimum atomic E-state index is 0.300. The number of aromatic nitrogens is 2. The largest absolute Gasteiger partial charge is 0.478 e. The van der Waals surface area contributed by atoms with Crippen molar-refractivity contribution in [2.24, 2.45) is 0 Å². The standard InChI is InChI=1S/C14H19N3O2/c1-3-18-14-9-13(15-10-16-14)17-11(2)6-7-12-5-4-8-19-12/h4-5,8-11H,3,6-7H2,1-2H3,(H,15,16,17). The molecule has 0 aliphatic carbocycles. The molecule has 0 bridgehead atoms. The summed E-state index contributed by atoms with van der Waals surface area (Å²) >= 11 is 0. The Morgan fingerprint density at radius 2 is 2.32 bits per heavy atom. The number of nitrogens with one attached hydrogen (secondary N) is 1. The van der Waals surface area contributed by atoms with Crippen LogP contribution in [0.2, 0.25) is 0 Å². The van der Waals surface area contributed by atoms with Gasteiger partial charge in [0.25, 0.3) is 0 Å². The van der Waals surface area contributed by atoms with Gasteiger partial charge in [-0.2, -0.15) is 0 Å². The highest BCUT2D eigenvalue weighted by atomic mass is 16.5. The first-order chi connectivity index (χ1) is 9.28. The van der Waals surface area contributed by atoms with Crippen molar-refractivity contribution < 1.29 is 9.15 Å². The molecular formula is C14H19N3O2. The summed E-state index contributed by atoms with van der Waals surface area (Å²) in [6, 6.07) is 6.01. The SMILES string of the molecule is CCOc1cc(NC(C)CCc2ccco2)ncn1. The van der Waals surface area contributed by atoms with Crippen molar-refractivity contribution >= 4 is 5.82 Å². The van der Waals surface area contributed by atoms with Crippen LogP contribution in [-0.2, 0) is 6.42 Å². The number of ether oxygens (including phenoxy) is 1. The Bertz CT molecular complexity index is 485. The van der Waals surface area contributed by atoms with Crippen molar-refractivity contribution in [2.75, 3.05) is 11.9 Å². The van der Waals surface area contributed by atoms with Gasteiger partial charge >= 0.3 is 0 Å². The molecular weight excluding hydrogens is 242 g/mol. The van der Waals surface area contributed by atoms with Crippen LogP contribution in [0, 0.1) is 0 Å². The number of aryl methyl sites for hydroxylation is 1. The van der Waals surface area contributed by atoms with Crippen LogP contribution in [0.4, 0.5) is 5.82 Å². The van der Waals surface area contributed by atoms with Crippen molar-refractivity contribution in [3.8, 4) is 5.88 Å². The molecule has 1 atom stereocenters. The summed E-state index contributed by atoms with van der Waals surface area (Å²) in [6.07, 6.45) is 5.09. The third-order valence-electron chi connectivity index (χ3n) is 2.73. The highest BCUT2D eigenvalue weighted by Gasteiger charge is 2.06. The molecule has 0 aliphatic heterocycles. The summed E-state index contributed by atoms with van der Waals surface area (Å²) in [6.45, 7) is 4.65. The molecule has 0 amide bonds. The molecule has 5 nitrogen and oxygen atoms in total. The smallest absolute Gasteiger partial charge is 0.218 e. The van der Waals surface area contributed by atoms with Gasteiger partial charge in [0.15, 0.2) is 0 Å². The molecule has 0 aliphatic rings. The van der Waals surface area contributed by atoms with Crippen LogP contribution in [-0.4, -0.2) is 22.6 Å². The second-order valence-corrected chi connectivity index (χ2v) is 4.34. The number of rotatable bonds is 7. The Morgan fingerprint density at radius 1 is 1.42 bits per heavy atom. The average molecular weight is 261 g/mol. The molecule has 19 heavy (non-hydrogen) atoms. The van der Waals surface area contributed by atoms with Crippen LogP contribution in [0.15, 0.2) is 35.2 Å². The van der Waals surface area contributed by atoms with E-state index in [1.54, 1.807) is 6.26 Å². The minimum Gasteiger partial charge on any atom is -0.478 e. The fourth-order valence-electron chi connectivity index (χ4n) is 1.78. The van der Waals surface area contributed by atoms with Crippen LogP contribution in [0.1, 0.15) is 26.0 Å². The van der Waals surface area contributed by atoms with Crippen LogP contribution in [0.3, 0.4) is 0 Å². The summed E-state index contributed by atoms with van der Waals surface area (Å²) in [5.41, 5.74) is 0. The lowest BCUT2D eigenvalue weighted by Gasteiger charge is -2.14.